The summed E-state index contributed by atoms with van der Waals surface area (Å²) in [5.41, 5.74) is 1.05. The molecule has 0 saturated carbocycles. The van der Waals surface area contributed by atoms with Crippen molar-refractivity contribution in [1.29, 1.82) is 0 Å². The fourth-order valence-corrected chi connectivity index (χ4v) is 3.83. The maximum absolute atomic E-state index is 13.8. The Labute approximate surface area is 188 Å². The molecule has 2 rings (SSSR count). The van der Waals surface area contributed by atoms with E-state index in [1.165, 1.54) is 17.8 Å². The van der Waals surface area contributed by atoms with E-state index in [-0.39, 0.29) is 23.4 Å². The SMILES string of the molecule is COc1ccc(CN(C(=O)CSCc2ccccc2F)[C@H](C)C(=O)NC(C)(C)C)cc1. The molecule has 0 aliphatic rings. The first kappa shape index (κ1) is 24.7. The van der Waals surface area contributed by atoms with Gasteiger partial charge in [0, 0.05) is 17.8 Å². The van der Waals surface area contributed by atoms with Crippen molar-refractivity contribution in [3.8, 4) is 5.75 Å². The maximum Gasteiger partial charge on any atom is 0.242 e. The van der Waals surface area contributed by atoms with Crippen LogP contribution in [0.2, 0.25) is 0 Å². The monoisotopic (exact) mass is 446 g/mol. The Bertz CT molecular complexity index is 881. The molecule has 31 heavy (non-hydrogen) atoms. The molecule has 5 nitrogen and oxygen atoms in total. The number of ether oxygens (including phenoxy) is 1. The van der Waals surface area contributed by atoms with Crippen molar-refractivity contribution in [3.05, 3.63) is 65.5 Å². The Kier molecular flexibility index (Phi) is 8.92. The largest absolute Gasteiger partial charge is 0.497 e. The van der Waals surface area contributed by atoms with Crippen molar-refractivity contribution < 1.29 is 18.7 Å². The van der Waals surface area contributed by atoms with Crippen molar-refractivity contribution in [1.82, 2.24) is 10.2 Å². The van der Waals surface area contributed by atoms with Crippen LogP contribution in [0.4, 0.5) is 4.39 Å². The van der Waals surface area contributed by atoms with Crippen LogP contribution in [0.3, 0.4) is 0 Å². The Morgan fingerprint density at radius 1 is 1.13 bits per heavy atom. The predicted octanol–water partition coefficient (Wildman–Crippen LogP) is 4.40. The van der Waals surface area contributed by atoms with E-state index in [0.29, 0.717) is 17.9 Å². The Balaban J connectivity index is 2.11. The number of carbonyl (C=O) groups is 2. The lowest BCUT2D eigenvalue weighted by atomic mass is 10.1. The number of benzene rings is 2. The van der Waals surface area contributed by atoms with Gasteiger partial charge in [0.1, 0.15) is 17.6 Å². The van der Waals surface area contributed by atoms with Crippen LogP contribution in [-0.4, -0.2) is 41.2 Å². The van der Waals surface area contributed by atoms with E-state index >= 15 is 0 Å². The van der Waals surface area contributed by atoms with Crippen molar-refractivity contribution in [2.75, 3.05) is 12.9 Å². The number of nitrogens with one attached hydrogen (secondary N) is 1. The number of thioether (sulfide) groups is 1. The first-order valence-electron chi connectivity index (χ1n) is 10.2. The average molecular weight is 447 g/mol. The quantitative estimate of drug-likeness (QED) is 0.620. The maximum atomic E-state index is 13.8. The van der Waals surface area contributed by atoms with Gasteiger partial charge in [-0.1, -0.05) is 30.3 Å². The minimum absolute atomic E-state index is 0.150. The van der Waals surface area contributed by atoms with Crippen LogP contribution in [0.1, 0.15) is 38.8 Å². The lowest BCUT2D eigenvalue weighted by molar-refractivity contribution is -0.139. The highest BCUT2D eigenvalue weighted by Crippen LogP contribution is 2.19. The minimum Gasteiger partial charge on any atom is -0.497 e. The number of hydrogen-bond donors (Lipinski definition) is 1. The van der Waals surface area contributed by atoms with Crippen molar-refractivity contribution in [3.63, 3.8) is 0 Å². The van der Waals surface area contributed by atoms with E-state index in [4.69, 9.17) is 4.74 Å². The third-order valence-electron chi connectivity index (χ3n) is 4.62. The standard InChI is InChI=1S/C24H31FN2O3S/c1-17(23(29)26-24(2,3)4)27(14-18-10-12-20(30-5)13-11-18)22(28)16-31-15-19-8-6-7-9-21(19)25/h6-13,17H,14-16H2,1-5H3,(H,26,29)/t17-/m1/s1. The molecule has 2 amide bonds. The highest BCUT2D eigenvalue weighted by Gasteiger charge is 2.28. The first-order valence-corrected chi connectivity index (χ1v) is 11.3. The fraction of sp³-hybridized carbons (Fsp3) is 0.417. The summed E-state index contributed by atoms with van der Waals surface area (Å²) in [6.45, 7) is 7.72. The molecule has 7 heteroatoms. The number of nitrogens with zero attached hydrogens (tertiary/aromatic N) is 1. The van der Waals surface area contributed by atoms with Crippen LogP contribution in [0, 0.1) is 5.82 Å². The summed E-state index contributed by atoms with van der Waals surface area (Å²) in [6.07, 6.45) is 0. The van der Waals surface area contributed by atoms with E-state index in [1.54, 1.807) is 37.1 Å². The molecule has 0 unspecified atom stereocenters. The summed E-state index contributed by atoms with van der Waals surface area (Å²) in [5.74, 6) is 0.591. The van der Waals surface area contributed by atoms with Crippen LogP contribution in [0.5, 0.6) is 5.75 Å². The van der Waals surface area contributed by atoms with Crippen molar-refractivity contribution in [2.24, 2.45) is 0 Å². The minimum atomic E-state index is -0.650. The van der Waals surface area contributed by atoms with Gasteiger partial charge < -0.3 is 15.0 Å². The van der Waals surface area contributed by atoms with Crippen LogP contribution >= 0.6 is 11.8 Å². The van der Waals surface area contributed by atoms with E-state index in [0.717, 1.165) is 11.3 Å². The van der Waals surface area contributed by atoms with E-state index < -0.39 is 11.6 Å². The number of carbonyl (C=O) groups excluding carboxylic acids is 2. The Morgan fingerprint density at radius 2 is 1.77 bits per heavy atom. The normalized spacial score (nSPS) is 12.2. The molecule has 2 aromatic rings. The Hall–Kier alpha value is -2.54. The zero-order valence-corrected chi connectivity index (χ0v) is 19.6. The summed E-state index contributed by atoms with van der Waals surface area (Å²) in [4.78, 5) is 27.4. The van der Waals surface area contributed by atoms with Gasteiger partial charge in [-0.25, -0.2) is 4.39 Å². The van der Waals surface area contributed by atoms with Gasteiger partial charge >= 0.3 is 0 Å². The zero-order valence-electron chi connectivity index (χ0n) is 18.8. The molecule has 0 aliphatic carbocycles. The van der Waals surface area contributed by atoms with Crippen LogP contribution in [-0.2, 0) is 21.9 Å². The highest BCUT2D eigenvalue weighted by atomic mass is 32.2. The lowest BCUT2D eigenvalue weighted by Crippen LogP contribution is -2.52. The average Bonchev–Trinajstić information content (AvgIpc) is 2.72. The number of halogens is 1. The third kappa shape index (κ3) is 7.90. The van der Waals surface area contributed by atoms with Gasteiger partial charge in [-0.3, -0.25) is 9.59 Å². The smallest absolute Gasteiger partial charge is 0.242 e. The molecular weight excluding hydrogens is 415 g/mol. The fourth-order valence-electron chi connectivity index (χ4n) is 2.93. The summed E-state index contributed by atoms with van der Waals surface area (Å²) in [7, 11) is 1.59. The van der Waals surface area contributed by atoms with Gasteiger partial charge in [-0.2, -0.15) is 0 Å². The Morgan fingerprint density at radius 3 is 2.35 bits per heavy atom. The molecule has 1 N–H and O–H groups in total. The van der Waals surface area contributed by atoms with Crippen LogP contribution < -0.4 is 10.1 Å². The summed E-state index contributed by atoms with van der Waals surface area (Å²) < 4.78 is 19.0. The number of amides is 2. The van der Waals surface area contributed by atoms with Gasteiger partial charge in [0.25, 0.3) is 0 Å². The molecule has 168 valence electrons. The number of hydrogen-bond acceptors (Lipinski definition) is 4. The molecule has 2 aromatic carbocycles. The molecule has 0 heterocycles. The van der Waals surface area contributed by atoms with E-state index in [2.05, 4.69) is 5.32 Å². The molecule has 0 bridgehead atoms. The van der Waals surface area contributed by atoms with Gasteiger partial charge in [0.2, 0.25) is 11.8 Å². The van der Waals surface area contributed by atoms with Gasteiger partial charge in [-0.05, 0) is 57.0 Å². The molecule has 0 spiro atoms. The molecule has 0 fully saturated rings. The predicted molar refractivity (Wildman–Crippen MR) is 123 cm³/mol. The second-order valence-electron chi connectivity index (χ2n) is 8.37. The molecule has 0 saturated heterocycles. The van der Waals surface area contributed by atoms with Crippen molar-refractivity contribution >= 4 is 23.6 Å². The van der Waals surface area contributed by atoms with Crippen molar-refractivity contribution in [2.45, 2.75) is 51.6 Å². The molecule has 0 aromatic heterocycles. The zero-order chi connectivity index (χ0) is 23.0. The van der Waals surface area contributed by atoms with Gasteiger partial charge in [0.05, 0.1) is 12.9 Å². The molecule has 0 radical (unpaired) electrons. The topological polar surface area (TPSA) is 58.6 Å². The van der Waals surface area contributed by atoms with E-state index in [9.17, 15) is 14.0 Å². The number of methoxy groups -OCH3 is 1. The van der Waals surface area contributed by atoms with Gasteiger partial charge in [-0.15, -0.1) is 11.8 Å². The first-order chi connectivity index (χ1) is 14.6. The second kappa shape index (κ2) is 11.2. The molecular formula is C24H31FN2O3S. The lowest BCUT2D eigenvalue weighted by Gasteiger charge is -2.31. The second-order valence-corrected chi connectivity index (χ2v) is 9.35. The number of rotatable bonds is 9. The summed E-state index contributed by atoms with van der Waals surface area (Å²) in [5, 5.41) is 2.94. The highest BCUT2D eigenvalue weighted by molar-refractivity contribution is 7.99. The van der Waals surface area contributed by atoms with Crippen LogP contribution in [0.15, 0.2) is 48.5 Å². The molecule has 1 atom stereocenters. The molecule has 0 aliphatic heterocycles. The van der Waals surface area contributed by atoms with Gasteiger partial charge in [0.15, 0.2) is 0 Å². The van der Waals surface area contributed by atoms with Crippen LogP contribution in [0.25, 0.3) is 0 Å². The summed E-state index contributed by atoms with van der Waals surface area (Å²) in [6, 6.07) is 13.3. The summed E-state index contributed by atoms with van der Waals surface area (Å²) >= 11 is 1.33. The van der Waals surface area contributed by atoms with E-state index in [1.807, 2.05) is 45.0 Å². The third-order valence-corrected chi connectivity index (χ3v) is 5.58.